The number of benzene rings is 5. The molecule has 0 aliphatic rings. The van der Waals surface area contributed by atoms with Crippen molar-refractivity contribution in [2.45, 2.75) is 0 Å². The molecule has 2 aromatic heterocycles. The van der Waals surface area contributed by atoms with Gasteiger partial charge in [0.15, 0.2) is 0 Å². The standard InChI is InChI=1S/C21H18N2S.C17H16N2S/c1-23(2)17-11-7-15(8-12-17)9-14-20-22-21-18-6-4-3-5-16(18)10-13-19(21)24-20;1-19(2)14-10-7-13(8-11-14)9-12-17-18-15-5-3-4-6-16(15)20-17/h3-14H,1-2H3;3-12H,1-2H3. The summed E-state index contributed by atoms with van der Waals surface area (Å²) in [7, 11) is 8.20. The van der Waals surface area contributed by atoms with Crippen LogP contribution in [0.25, 0.3) is 55.5 Å². The van der Waals surface area contributed by atoms with E-state index < -0.39 is 0 Å². The molecule has 0 aliphatic heterocycles. The van der Waals surface area contributed by atoms with Crippen LogP contribution in [0.5, 0.6) is 0 Å². The fourth-order valence-electron chi connectivity index (χ4n) is 4.81. The summed E-state index contributed by atoms with van der Waals surface area (Å²) >= 11 is 3.45. The van der Waals surface area contributed by atoms with Gasteiger partial charge in [0.25, 0.3) is 0 Å². The molecule has 7 rings (SSSR count). The van der Waals surface area contributed by atoms with Crippen molar-refractivity contribution in [3.63, 3.8) is 0 Å². The third-order valence-corrected chi connectivity index (χ3v) is 9.25. The highest BCUT2D eigenvalue weighted by molar-refractivity contribution is 7.19. The van der Waals surface area contributed by atoms with Crippen LogP contribution < -0.4 is 9.80 Å². The summed E-state index contributed by atoms with van der Waals surface area (Å²) in [6.07, 6.45) is 8.41. The van der Waals surface area contributed by atoms with Crippen LogP contribution in [0.1, 0.15) is 21.1 Å². The maximum Gasteiger partial charge on any atom is 0.117 e. The summed E-state index contributed by atoms with van der Waals surface area (Å²) < 4.78 is 2.46. The van der Waals surface area contributed by atoms with E-state index in [4.69, 9.17) is 4.98 Å². The van der Waals surface area contributed by atoms with Crippen LogP contribution in [0, 0.1) is 0 Å². The largest absolute Gasteiger partial charge is 0.378 e. The molecule has 0 bridgehead atoms. The lowest BCUT2D eigenvalue weighted by Crippen LogP contribution is -2.07. The van der Waals surface area contributed by atoms with Gasteiger partial charge >= 0.3 is 0 Å². The van der Waals surface area contributed by atoms with Gasteiger partial charge in [-0.2, -0.15) is 0 Å². The van der Waals surface area contributed by atoms with Gasteiger partial charge in [-0.1, -0.05) is 78.9 Å². The summed E-state index contributed by atoms with van der Waals surface area (Å²) in [5.41, 5.74) is 6.96. The number of nitrogens with zero attached hydrogens (tertiary/aromatic N) is 4. The molecule has 0 unspecified atom stereocenters. The first-order chi connectivity index (χ1) is 21.4. The van der Waals surface area contributed by atoms with Crippen LogP contribution in [0.4, 0.5) is 11.4 Å². The second-order valence-electron chi connectivity index (χ2n) is 10.8. The Morgan fingerprint density at radius 2 is 1.05 bits per heavy atom. The minimum absolute atomic E-state index is 1.04. The number of anilines is 2. The fourth-order valence-corrected chi connectivity index (χ4v) is 6.57. The molecule has 0 aliphatic carbocycles. The monoisotopic (exact) mass is 610 g/mol. The predicted octanol–water partition coefficient (Wildman–Crippen LogP) is 10.2. The topological polar surface area (TPSA) is 32.3 Å². The Bertz CT molecular complexity index is 2030. The third-order valence-electron chi connectivity index (χ3n) is 7.27. The van der Waals surface area contributed by atoms with Crippen molar-refractivity contribution in [2.24, 2.45) is 0 Å². The Morgan fingerprint density at radius 3 is 1.66 bits per heavy atom. The van der Waals surface area contributed by atoms with Gasteiger partial charge in [0.05, 0.1) is 20.4 Å². The minimum Gasteiger partial charge on any atom is -0.378 e. The van der Waals surface area contributed by atoms with Crippen molar-refractivity contribution in [1.29, 1.82) is 0 Å². The second-order valence-corrected chi connectivity index (χ2v) is 13.0. The number of fused-ring (bicyclic) bond motifs is 4. The molecular weight excluding hydrogens is 577 g/mol. The number of aromatic nitrogens is 2. The van der Waals surface area contributed by atoms with E-state index in [0.29, 0.717) is 0 Å². The first-order valence-electron chi connectivity index (χ1n) is 14.5. The molecule has 44 heavy (non-hydrogen) atoms. The van der Waals surface area contributed by atoms with Crippen LogP contribution in [-0.4, -0.2) is 38.2 Å². The molecule has 0 amide bonds. The van der Waals surface area contributed by atoms with Crippen LogP contribution in [-0.2, 0) is 0 Å². The molecule has 0 N–H and O–H groups in total. The summed E-state index contributed by atoms with van der Waals surface area (Å²) in [6.45, 7) is 0. The predicted molar refractivity (Wildman–Crippen MR) is 196 cm³/mol. The average Bonchev–Trinajstić information content (AvgIpc) is 3.67. The molecule has 2 heterocycles. The van der Waals surface area contributed by atoms with E-state index in [1.54, 1.807) is 22.7 Å². The lowest BCUT2D eigenvalue weighted by molar-refractivity contribution is 1.13. The number of hydrogen-bond acceptors (Lipinski definition) is 6. The molecule has 0 atom stereocenters. The Hall–Kier alpha value is -4.78. The molecule has 0 saturated heterocycles. The molecule has 0 saturated carbocycles. The highest BCUT2D eigenvalue weighted by Gasteiger charge is 2.06. The SMILES string of the molecule is CN(C)c1ccc(C=Cc2nc3c(ccc4ccccc43)s2)cc1.CN(C)c1ccc(C=Cc2nc3ccccc3s2)cc1. The van der Waals surface area contributed by atoms with Gasteiger partial charge in [0.2, 0.25) is 0 Å². The van der Waals surface area contributed by atoms with Gasteiger partial charge in [-0.3, -0.25) is 0 Å². The fraction of sp³-hybridized carbons (Fsp3) is 0.105. The first-order valence-corrected chi connectivity index (χ1v) is 16.1. The molecular formula is C38H34N4S2. The van der Waals surface area contributed by atoms with Crippen LogP contribution >= 0.6 is 22.7 Å². The van der Waals surface area contributed by atoms with Gasteiger partial charge in [0, 0.05) is 45.0 Å². The van der Waals surface area contributed by atoms with E-state index in [1.165, 1.54) is 42.7 Å². The Morgan fingerprint density at radius 1 is 0.500 bits per heavy atom. The van der Waals surface area contributed by atoms with Gasteiger partial charge in [-0.15, -0.1) is 22.7 Å². The molecule has 218 valence electrons. The Labute approximate surface area is 266 Å². The number of para-hydroxylation sites is 1. The lowest BCUT2D eigenvalue weighted by atomic mass is 10.1. The molecule has 5 aromatic carbocycles. The summed E-state index contributed by atoms with van der Waals surface area (Å²) in [4.78, 5) is 13.6. The number of thiazole rings is 2. The van der Waals surface area contributed by atoms with Crippen molar-refractivity contribution in [3.8, 4) is 0 Å². The quantitative estimate of drug-likeness (QED) is 0.188. The van der Waals surface area contributed by atoms with Crippen molar-refractivity contribution in [3.05, 3.63) is 130 Å². The number of rotatable bonds is 6. The van der Waals surface area contributed by atoms with Crippen LogP contribution in [0.2, 0.25) is 0 Å². The molecule has 0 radical (unpaired) electrons. The van der Waals surface area contributed by atoms with Gasteiger partial charge in [-0.05, 0) is 71.1 Å². The number of hydrogen-bond donors (Lipinski definition) is 0. The molecule has 4 nitrogen and oxygen atoms in total. The van der Waals surface area contributed by atoms with E-state index in [2.05, 4.69) is 150 Å². The van der Waals surface area contributed by atoms with Gasteiger partial charge in [-0.25, -0.2) is 9.97 Å². The normalized spacial score (nSPS) is 11.5. The van der Waals surface area contributed by atoms with Gasteiger partial charge < -0.3 is 9.80 Å². The molecule has 7 aromatic rings. The van der Waals surface area contributed by atoms with E-state index in [0.717, 1.165) is 21.0 Å². The summed E-state index contributed by atoms with van der Waals surface area (Å²) in [6, 6.07) is 38.0. The maximum atomic E-state index is 4.83. The van der Waals surface area contributed by atoms with Gasteiger partial charge in [0.1, 0.15) is 10.0 Å². The molecule has 6 heteroatoms. The Balaban J connectivity index is 0.000000159. The van der Waals surface area contributed by atoms with Crippen molar-refractivity contribution >= 4 is 89.6 Å². The van der Waals surface area contributed by atoms with E-state index in [9.17, 15) is 0 Å². The third kappa shape index (κ3) is 6.88. The first kappa shape index (κ1) is 29.3. The minimum atomic E-state index is 1.04. The summed E-state index contributed by atoms with van der Waals surface area (Å²) in [5, 5.41) is 4.55. The zero-order valence-corrected chi connectivity index (χ0v) is 26.9. The van der Waals surface area contributed by atoms with E-state index >= 15 is 0 Å². The van der Waals surface area contributed by atoms with Crippen LogP contribution in [0.15, 0.2) is 109 Å². The zero-order chi connectivity index (χ0) is 30.5. The second kappa shape index (κ2) is 13.2. The zero-order valence-electron chi connectivity index (χ0n) is 25.3. The highest BCUT2D eigenvalue weighted by Crippen LogP contribution is 2.30. The van der Waals surface area contributed by atoms with E-state index in [-0.39, 0.29) is 0 Å². The lowest BCUT2D eigenvalue weighted by Gasteiger charge is -2.11. The summed E-state index contributed by atoms with van der Waals surface area (Å²) in [5.74, 6) is 0. The van der Waals surface area contributed by atoms with E-state index in [1.807, 2.05) is 26.2 Å². The van der Waals surface area contributed by atoms with Crippen molar-refractivity contribution in [1.82, 2.24) is 9.97 Å². The smallest absolute Gasteiger partial charge is 0.117 e. The van der Waals surface area contributed by atoms with Crippen LogP contribution in [0.3, 0.4) is 0 Å². The maximum absolute atomic E-state index is 4.83. The van der Waals surface area contributed by atoms with Crippen molar-refractivity contribution < 1.29 is 0 Å². The highest BCUT2D eigenvalue weighted by atomic mass is 32.1. The Kier molecular flexibility index (Phi) is 8.82. The molecule has 0 spiro atoms. The molecule has 0 fully saturated rings. The average molecular weight is 611 g/mol. The van der Waals surface area contributed by atoms with Crippen molar-refractivity contribution in [2.75, 3.05) is 38.0 Å².